The van der Waals surface area contributed by atoms with Crippen molar-refractivity contribution in [2.24, 2.45) is 0 Å². The van der Waals surface area contributed by atoms with E-state index < -0.39 is 5.97 Å². The summed E-state index contributed by atoms with van der Waals surface area (Å²) in [4.78, 5) is 44.1. The van der Waals surface area contributed by atoms with Gasteiger partial charge in [-0.2, -0.15) is 5.26 Å². The number of nitrogens with zero attached hydrogens (tertiary/aromatic N) is 5. The van der Waals surface area contributed by atoms with Crippen molar-refractivity contribution in [3.8, 4) is 6.07 Å². The minimum atomic E-state index is -1.01. The van der Waals surface area contributed by atoms with Gasteiger partial charge in [-0.25, -0.2) is 0 Å². The van der Waals surface area contributed by atoms with Crippen LogP contribution in [0.2, 0.25) is 0 Å². The van der Waals surface area contributed by atoms with Crippen LogP contribution in [0, 0.1) is 18.3 Å². The summed E-state index contributed by atoms with van der Waals surface area (Å²) in [7, 11) is 0. The molecule has 4 rings (SSSR count). The topological polar surface area (TPSA) is 110 Å². The first-order valence-electron chi connectivity index (χ1n) is 13.4. The zero-order chi connectivity index (χ0) is 28.8. The Labute approximate surface area is 243 Å². The number of hydrogen-bond acceptors (Lipinski definition) is 8. The Morgan fingerprint density at radius 2 is 1.85 bits per heavy atom. The Morgan fingerprint density at radius 3 is 2.48 bits per heavy atom. The van der Waals surface area contributed by atoms with Crippen molar-refractivity contribution in [1.29, 1.82) is 5.26 Å². The summed E-state index contributed by atoms with van der Waals surface area (Å²) in [5.74, 6) is -0.659. The van der Waals surface area contributed by atoms with Gasteiger partial charge in [-0.3, -0.25) is 28.8 Å². The number of benzene rings is 1. The van der Waals surface area contributed by atoms with E-state index in [4.69, 9.17) is 17.3 Å². The van der Waals surface area contributed by atoms with Gasteiger partial charge in [0.1, 0.15) is 21.8 Å². The Balaban J connectivity index is 1.73. The molecule has 1 N–H and O–H groups in total. The summed E-state index contributed by atoms with van der Waals surface area (Å²) < 4.78 is 1.99. The van der Waals surface area contributed by atoms with Crippen molar-refractivity contribution >= 4 is 52.1 Å². The van der Waals surface area contributed by atoms with Gasteiger partial charge in [-0.15, -0.1) is 0 Å². The lowest BCUT2D eigenvalue weighted by molar-refractivity contribution is -0.137. The van der Waals surface area contributed by atoms with Crippen molar-refractivity contribution in [3.05, 3.63) is 67.8 Å². The second-order valence-electron chi connectivity index (χ2n) is 9.89. The molecular formula is C29H33N5O4S2. The molecule has 2 fully saturated rings. The normalized spacial score (nSPS) is 17.1. The molecule has 0 radical (unpaired) electrons. The first kappa shape index (κ1) is 29.5. The van der Waals surface area contributed by atoms with E-state index in [1.165, 1.54) is 10.5 Å². The lowest BCUT2D eigenvalue weighted by Gasteiger charge is -2.38. The molecule has 9 nitrogen and oxygen atoms in total. The maximum Gasteiger partial charge on any atom is 0.305 e. The van der Waals surface area contributed by atoms with Crippen LogP contribution in [-0.2, 0) is 22.7 Å². The van der Waals surface area contributed by atoms with Crippen LogP contribution in [0.5, 0.6) is 0 Å². The number of carbonyl (C=O) groups is 2. The number of amides is 1. The van der Waals surface area contributed by atoms with Crippen molar-refractivity contribution in [3.63, 3.8) is 0 Å². The molecule has 0 atom stereocenters. The van der Waals surface area contributed by atoms with E-state index >= 15 is 0 Å². The van der Waals surface area contributed by atoms with E-state index in [2.05, 4.69) is 34.9 Å². The molecule has 0 spiro atoms. The number of hydrogen-bond donors (Lipinski definition) is 1. The third-order valence-corrected chi connectivity index (χ3v) is 8.58. The maximum absolute atomic E-state index is 13.5. The van der Waals surface area contributed by atoms with Crippen LogP contribution >= 0.6 is 24.0 Å². The van der Waals surface area contributed by atoms with Gasteiger partial charge >= 0.3 is 5.97 Å². The molecule has 2 aliphatic heterocycles. The van der Waals surface area contributed by atoms with Crippen molar-refractivity contribution in [2.45, 2.75) is 46.2 Å². The number of carboxylic acids is 1. The number of aliphatic carboxylic acids is 1. The number of carboxylic acid groups (broad SMARTS) is 1. The molecule has 2 aliphatic rings. The van der Waals surface area contributed by atoms with Crippen LogP contribution < -0.4 is 10.5 Å². The number of rotatable bonds is 10. The molecule has 1 amide bonds. The highest BCUT2D eigenvalue weighted by atomic mass is 32.2. The van der Waals surface area contributed by atoms with E-state index in [9.17, 15) is 19.6 Å². The van der Waals surface area contributed by atoms with Crippen LogP contribution in [0.25, 0.3) is 6.08 Å². The van der Waals surface area contributed by atoms with Gasteiger partial charge in [-0.05, 0) is 30.5 Å². The Kier molecular flexibility index (Phi) is 9.79. The second kappa shape index (κ2) is 13.3. The molecule has 1 aromatic carbocycles. The molecule has 11 heteroatoms. The van der Waals surface area contributed by atoms with Crippen LogP contribution in [0.1, 0.15) is 48.4 Å². The minimum absolute atomic E-state index is 0.00794. The van der Waals surface area contributed by atoms with E-state index in [1.807, 2.05) is 18.2 Å². The summed E-state index contributed by atoms with van der Waals surface area (Å²) in [6, 6.07) is 12.4. The van der Waals surface area contributed by atoms with E-state index in [0.29, 0.717) is 45.8 Å². The highest BCUT2D eigenvalue weighted by Crippen LogP contribution is 2.36. The lowest BCUT2D eigenvalue weighted by Crippen LogP contribution is -2.48. The predicted molar refractivity (Wildman–Crippen MR) is 161 cm³/mol. The summed E-state index contributed by atoms with van der Waals surface area (Å²) in [6.45, 7) is 8.06. The Morgan fingerprint density at radius 1 is 1.15 bits per heavy atom. The monoisotopic (exact) mass is 579 g/mol. The predicted octanol–water partition coefficient (Wildman–Crippen LogP) is 3.83. The molecule has 0 aliphatic carbocycles. The largest absolute Gasteiger partial charge is 0.481 e. The third kappa shape index (κ3) is 6.46. The zero-order valence-corrected chi connectivity index (χ0v) is 24.4. The SMILES string of the molecule is CCCCn1c(N2CCN(Cc3ccccc3)CC2)c(C=C2SC(=S)N(CCC(=O)O)C2=O)c(C)c(C#N)c1=O. The average Bonchev–Trinajstić information content (AvgIpc) is 3.21. The number of carbonyl (C=O) groups excluding carboxylic acids is 1. The molecule has 40 heavy (non-hydrogen) atoms. The fourth-order valence-electron chi connectivity index (χ4n) is 5.00. The average molecular weight is 580 g/mol. The van der Waals surface area contributed by atoms with Gasteiger partial charge < -0.3 is 10.0 Å². The highest BCUT2D eigenvalue weighted by molar-refractivity contribution is 8.26. The van der Waals surface area contributed by atoms with Gasteiger partial charge in [0.15, 0.2) is 0 Å². The molecule has 0 bridgehead atoms. The number of piperazine rings is 1. The third-order valence-electron chi connectivity index (χ3n) is 7.20. The summed E-state index contributed by atoms with van der Waals surface area (Å²) in [5.41, 5.74) is 2.17. The van der Waals surface area contributed by atoms with Gasteiger partial charge in [0.25, 0.3) is 11.5 Å². The maximum atomic E-state index is 13.5. The number of unbranched alkanes of at least 4 members (excludes halogenated alkanes) is 1. The first-order valence-corrected chi connectivity index (χ1v) is 14.6. The Bertz CT molecular complexity index is 1420. The van der Waals surface area contributed by atoms with Crippen molar-refractivity contribution in [2.75, 3.05) is 37.6 Å². The molecule has 210 valence electrons. The van der Waals surface area contributed by atoms with Gasteiger partial charge in [0, 0.05) is 51.4 Å². The van der Waals surface area contributed by atoms with E-state index in [-0.39, 0.29) is 30.0 Å². The molecule has 0 unspecified atom stereocenters. The smallest absolute Gasteiger partial charge is 0.305 e. The Hall–Kier alpha value is -3.46. The fraction of sp³-hybridized carbons (Fsp3) is 0.414. The second-order valence-corrected chi connectivity index (χ2v) is 11.6. The van der Waals surface area contributed by atoms with Crippen LogP contribution in [0.3, 0.4) is 0 Å². The fourth-order valence-corrected chi connectivity index (χ4v) is 6.29. The summed E-state index contributed by atoms with van der Waals surface area (Å²) >= 11 is 6.50. The quantitative estimate of drug-likeness (QED) is 0.332. The minimum Gasteiger partial charge on any atom is -0.481 e. The van der Waals surface area contributed by atoms with E-state index in [0.717, 1.165) is 44.2 Å². The number of anilines is 1. The van der Waals surface area contributed by atoms with Crippen LogP contribution in [0.15, 0.2) is 40.0 Å². The summed E-state index contributed by atoms with van der Waals surface area (Å²) in [6.07, 6.45) is 3.16. The number of thiocarbonyl (C=S) groups is 1. The van der Waals surface area contributed by atoms with Gasteiger partial charge in [0.05, 0.1) is 11.3 Å². The first-order chi connectivity index (χ1) is 19.2. The number of nitriles is 1. The number of pyridine rings is 1. The zero-order valence-electron chi connectivity index (χ0n) is 22.8. The highest BCUT2D eigenvalue weighted by Gasteiger charge is 2.34. The van der Waals surface area contributed by atoms with Crippen LogP contribution in [0.4, 0.5) is 5.82 Å². The van der Waals surface area contributed by atoms with Gasteiger partial charge in [-0.1, -0.05) is 67.7 Å². The molecule has 1 aromatic heterocycles. The molecule has 3 heterocycles. The number of aromatic nitrogens is 1. The number of thioether (sulfide) groups is 1. The molecule has 2 saturated heterocycles. The molecular weight excluding hydrogens is 546 g/mol. The molecule has 0 saturated carbocycles. The van der Waals surface area contributed by atoms with Crippen molar-refractivity contribution in [1.82, 2.24) is 14.4 Å². The van der Waals surface area contributed by atoms with Crippen molar-refractivity contribution < 1.29 is 14.7 Å². The van der Waals surface area contributed by atoms with Crippen LogP contribution in [-0.4, -0.2) is 68.4 Å². The molecule has 2 aromatic rings. The van der Waals surface area contributed by atoms with E-state index in [1.54, 1.807) is 17.6 Å². The summed E-state index contributed by atoms with van der Waals surface area (Å²) in [5, 5.41) is 19.0. The lowest BCUT2D eigenvalue weighted by atomic mass is 10.0. The van der Waals surface area contributed by atoms with Gasteiger partial charge in [0.2, 0.25) is 0 Å². The standard InChI is InChI=1S/C29H33N5O4S2/c1-3-4-11-33-26(32-15-13-31(14-16-32)19-21-8-6-5-7-9-21)22(20(2)23(18-30)27(33)37)17-24-28(38)34(29(39)40-24)12-10-25(35)36/h5-9,17H,3-4,10-16,19H2,1-2H3,(H,35,36).